The van der Waals surface area contributed by atoms with Gasteiger partial charge in [-0.05, 0) is 17.7 Å². The summed E-state index contributed by atoms with van der Waals surface area (Å²) in [6.45, 7) is 0. The summed E-state index contributed by atoms with van der Waals surface area (Å²) in [5, 5.41) is 9.42. The molecule has 4 nitrogen and oxygen atoms in total. The number of carbonyl (C=O) groups is 1. The quantitative estimate of drug-likeness (QED) is 0.781. The van der Waals surface area contributed by atoms with E-state index in [4.69, 9.17) is 9.47 Å². The number of hydrogen-bond acceptors (Lipinski definition) is 4. The topological polar surface area (TPSA) is 55.8 Å². The van der Waals surface area contributed by atoms with Gasteiger partial charge in [0.1, 0.15) is 6.10 Å². The van der Waals surface area contributed by atoms with Crippen LogP contribution >= 0.6 is 0 Å². The van der Waals surface area contributed by atoms with Crippen LogP contribution in [0.1, 0.15) is 15.9 Å². The van der Waals surface area contributed by atoms with Crippen molar-refractivity contribution in [1.29, 1.82) is 0 Å². The molecule has 1 aliphatic rings. The lowest BCUT2D eigenvalue weighted by atomic mass is 10.1. The van der Waals surface area contributed by atoms with Gasteiger partial charge in [-0.1, -0.05) is 0 Å². The predicted octanol–water partition coefficient (Wildman–Crippen LogP) is 0.803. The molecule has 4 heteroatoms. The molecule has 0 aromatic heterocycles. The fourth-order valence-corrected chi connectivity index (χ4v) is 1.80. The Morgan fingerprint density at radius 2 is 1.87 bits per heavy atom. The lowest BCUT2D eigenvalue weighted by Gasteiger charge is -2.08. The average Bonchev–Trinajstić information content (AvgIpc) is 2.53. The zero-order valence-electron chi connectivity index (χ0n) is 8.61. The second-order valence-corrected chi connectivity index (χ2v) is 3.45. The summed E-state index contributed by atoms with van der Waals surface area (Å²) in [4.78, 5) is 11.5. The largest absolute Gasteiger partial charge is 0.493 e. The van der Waals surface area contributed by atoms with Gasteiger partial charge >= 0.3 is 0 Å². The number of ether oxygens (including phenoxy) is 2. The van der Waals surface area contributed by atoms with E-state index in [1.165, 1.54) is 14.2 Å². The first-order valence-electron chi connectivity index (χ1n) is 4.64. The molecule has 0 spiro atoms. The van der Waals surface area contributed by atoms with Gasteiger partial charge in [0.05, 0.1) is 14.2 Å². The lowest BCUT2D eigenvalue weighted by Crippen LogP contribution is -2.13. The molecule has 0 amide bonds. The van der Waals surface area contributed by atoms with Gasteiger partial charge in [0.25, 0.3) is 0 Å². The standard InChI is InChI=1S/C11H12O4/c1-14-9-4-6-3-8(12)11(13)7(6)5-10(9)15-2/h4-5,8,12H,3H2,1-2H3. The number of carbonyl (C=O) groups excluding carboxylic acids is 1. The van der Waals surface area contributed by atoms with Crippen LogP contribution in [-0.4, -0.2) is 31.2 Å². The number of benzene rings is 1. The molecule has 0 radical (unpaired) electrons. The summed E-state index contributed by atoms with van der Waals surface area (Å²) in [5.41, 5.74) is 1.34. The first-order valence-corrected chi connectivity index (χ1v) is 4.64. The minimum absolute atomic E-state index is 0.244. The van der Waals surface area contributed by atoms with E-state index in [9.17, 15) is 9.90 Å². The van der Waals surface area contributed by atoms with Crippen LogP contribution in [0, 0.1) is 0 Å². The van der Waals surface area contributed by atoms with Crippen molar-refractivity contribution in [2.75, 3.05) is 14.2 Å². The van der Waals surface area contributed by atoms with Gasteiger partial charge in [0.15, 0.2) is 17.3 Å². The summed E-state index contributed by atoms with van der Waals surface area (Å²) in [7, 11) is 3.05. The highest BCUT2D eigenvalue weighted by Crippen LogP contribution is 2.34. The van der Waals surface area contributed by atoms with Gasteiger partial charge in [-0.3, -0.25) is 4.79 Å². The maximum Gasteiger partial charge on any atom is 0.192 e. The maximum absolute atomic E-state index is 11.5. The van der Waals surface area contributed by atoms with Crippen LogP contribution in [0.4, 0.5) is 0 Å². The van der Waals surface area contributed by atoms with E-state index in [0.29, 0.717) is 23.5 Å². The molecule has 1 atom stereocenters. The first-order chi connectivity index (χ1) is 7.17. The molecule has 0 saturated heterocycles. The Morgan fingerprint density at radius 1 is 1.27 bits per heavy atom. The fourth-order valence-electron chi connectivity index (χ4n) is 1.80. The zero-order valence-corrected chi connectivity index (χ0v) is 8.61. The van der Waals surface area contributed by atoms with Crippen molar-refractivity contribution in [3.8, 4) is 11.5 Å². The maximum atomic E-state index is 11.5. The molecule has 0 aliphatic heterocycles. The molecule has 0 saturated carbocycles. The van der Waals surface area contributed by atoms with Crippen LogP contribution in [0.2, 0.25) is 0 Å². The van der Waals surface area contributed by atoms with Crippen LogP contribution in [-0.2, 0) is 6.42 Å². The zero-order chi connectivity index (χ0) is 11.0. The van der Waals surface area contributed by atoms with Crippen molar-refractivity contribution in [3.63, 3.8) is 0 Å². The molecule has 80 valence electrons. The number of aliphatic hydroxyl groups excluding tert-OH is 1. The van der Waals surface area contributed by atoms with E-state index in [-0.39, 0.29) is 5.78 Å². The predicted molar refractivity (Wildman–Crippen MR) is 53.6 cm³/mol. The molecular weight excluding hydrogens is 196 g/mol. The molecule has 1 aromatic carbocycles. The van der Waals surface area contributed by atoms with Crippen LogP contribution < -0.4 is 9.47 Å². The Hall–Kier alpha value is -1.55. The van der Waals surface area contributed by atoms with Crippen molar-refractivity contribution >= 4 is 5.78 Å². The van der Waals surface area contributed by atoms with Gasteiger partial charge in [-0.15, -0.1) is 0 Å². The molecule has 1 N–H and O–H groups in total. The highest BCUT2D eigenvalue weighted by molar-refractivity contribution is 6.04. The molecule has 0 bridgehead atoms. The molecule has 0 fully saturated rings. The van der Waals surface area contributed by atoms with E-state index >= 15 is 0 Å². The fraction of sp³-hybridized carbons (Fsp3) is 0.364. The number of aliphatic hydroxyl groups is 1. The summed E-state index contributed by atoms with van der Waals surface area (Å²) in [6, 6.07) is 3.36. The summed E-state index contributed by atoms with van der Waals surface area (Å²) >= 11 is 0. The number of rotatable bonds is 2. The van der Waals surface area contributed by atoms with E-state index < -0.39 is 6.10 Å². The molecular formula is C11H12O4. The van der Waals surface area contributed by atoms with Gasteiger partial charge in [0, 0.05) is 12.0 Å². The number of methoxy groups -OCH3 is 2. The van der Waals surface area contributed by atoms with Crippen LogP contribution in [0.15, 0.2) is 12.1 Å². The summed E-state index contributed by atoms with van der Waals surface area (Å²) < 4.78 is 10.2. The molecule has 1 aromatic rings. The second-order valence-electron chi connectivity index (χ2n) is 3.45. The number of hydrogen-bond donors (Lipinski definition) is 1. The molecule has 1 unspecified atom stereocenters. The Labute approximate surface area is 87.4 Å². The van der Waals surface area contributed by atoms with Gasteiger partial charge in [0.2, 0.25) is 0 Å². The number of fused-ring (bicyclic) bond motifs is 1. The van der Waals surface area contributed by atoms with Crippen LogP contribution in [0.25, 0.3) is 0 Å². The average molecular weight is 208 g/mol. The third-order valence-corrected chi connectivity index (χ3v) is 2.59. The molecule has 2 rings (SSSR count). The van der Waals surface area contributed by atoms with E-state index in [1.807, 2.05) is 0 Å². The summed E-state index contributed by atoms with van der Waals surface area (Å²) in [5.74, 6) is 0.850. The first kappa shape index (κ1) is 9.98. The lowest BCUT2D eigenvalue weighted by molar-refractivity contribution is 0.0780. The van der Waals surface area contributed by atoms with Gasteiger partial charge < -0.3 is 14.6 Å². The Morgan fingerprint density at radius 3 is 2.47 bits per heavy atom. The normalized spacial score (nSPS) is 18.9. The molecule has 1 aliphatic carbocycles. The Kier molecular flexibility index (Phi) is 2.36. The van der Waals surface area contributed by atoms with Crippen molar-refractivity contribution in [3.05, 3.63) is 23.3 Å². The smallest absolute Gasteiger partial charge is 0.192 e. The van der Waals surface area contributed by atoms with E-state index in [0.717, 1.165) is 5.56 Å². The van der Waals surface area contributed by atoms with E-state index in [2.05, 4.69) is 0 Å². The third kappa shape index (κ3) is 1.47. The SMILES string of the molecule is COc1cc2c(cc1OC)C(=O)C(O)C2. The van der Waals surface area contributed by atoms with Crippen molar-refractivity contribution in [2.45, 2.75) is 12.5 Å². The van der Waals surface area contributed by atoms with Crippen molar-refractivity contribution < 1.29 is 19.4 Å². The van der Waals surface area contributed by atoms with Gasteiger partial charge in [-0.25, -0.2) is 0 Å². The summed E-state index contributed by atoms with van der Waals surface area (Å²) in [6.07, 6.45) is -0.564. The van der Waals surface area contributed by atoms with Crippen LogP contribution in [0.3, 0.4) is 0 Å². The number of ketones is 1. The van der Waals surface area contributed by atoms with E-state index in [1.54, 1.807) is 12.1 Å². The number of Topliss-reactive ketones (excluding diaryl/α,β-unsaturated/α-hetero) is 1. The monoisotopic (exact) mass is 208 g/mol. The van der Waals surface area contributed by atoms with Crippen molar-refractivity contribution in [2.24, 2.45) is 0 Å². The highest BCUT2D eigenvalue weighted by Gasteiger charge is 2.30. The minimum atomic E-state index is -0.920. The van der Waals surface area contributed by atoms with Crippen molar-refractivity contribution in [1.82, 2.24) is 0 Å². The third-order valence-electron chi connectivity index (χ3n) is 2.59. The Bertz CT molecular complexity index is 411. The van der Waals surface area contributed by atoms with Gasteiger partial charge in [-0.2, -0.15) is 0 Å². The molecule has 15 heavy (non-hydrogen) atoms. The Balaban J connectivity index is 2.53. The highest BCUT2D eigenvalue weighted by atomic mass is 16.5. The van der Waals surface area contributed by atoms with Crippen LogP contribution in [0.5, 0.6) is 11.5 Å². The minimum Gasteiger partial charge on any atom is -0.493 e. The second kappa shape index (κ2) is 3.55. The molecule has 0 heterocycles.